The molecule has 0 bridgehead atoms. The summed E-state index contributed by atoms with van der Waals surface area (Å²) < 4.78 is 0. The number of hydrogen-bond acceptors (Lipinski definition) is 16. The highest BCUT2D eigenvalue weighted by Gasteiger charge is 2.28. The number of Topliss-reactive ketones (excluding diaryl/α,β-unsaturated/α-hetero) is 3. The Kier molecular flexibility index (Phi) is 26.0. The normalized spacial score (nSPS) is 12.6. The summed E-state index contributed by atoms with van der Waals surface area (Å²) in [6, 6.07) is -2.58. The molecule has 358 valence electrons. The smallest absolute Gasteiger partial charge is 0.274 e. The molecule has 0 unspecified atom stereocenters. The van der Waals surface area contributed by atoms with Gasteiger partial charge in [-0.25, -0.2) is 9.97 Å². The molecule has 1 rings (SSSR count). The monoisotopic (exact) mass is 904 g/mol. The Morgan fingerprint density at radius 2 is 0.938 bits per heavy atom. The van der Waals surface area contributed by atoms with E-state index >= 15 is 0 Å². The molecule has 1 heterocycles. The van der Waals surface area contributed by atoms with Gasteiger partial charge >= 0.3 is 0 Å². The van der Waals surface area contributed by atoms with Crippen LogP contribution in [0.2, 0.25) is 0 Å². The number of nitrogens with two attached hydrogens (primary N) is 12. The number of nitrogen functional groups attached to an aromatic ring is 2. The second-order valence-electron chi connectivity index (χ2n) is 14.8. The first-order chi connectivity index (χ1) is 30.2. The van der Waals surface area contributed by atoms with Gasteiger partial charge in [-0.1, -0.05) is 0 Å². The van der Waals surface area contributed by atoms with Crippen LogP contribution in [0.5, 0.6) is 0 Å². The first-order valence-corrected chi connectivity index (χ1v) is 20.8. The first-order valence-electron chi connectivity index (χ1n) is 20.8. The van der Waals surface area contributed by atoms with Gasteiger partial charge in [0, 0.05) is 64.4 Å². The van der Waals surface area contributed by atoms with Crippen LogP contribution >= 0.6 is 0 Å². The quantitative estimate of drug-likeness (QED) is 0.0136. The zero-order chi connectivity index (χ0) is 48.2. The van der Waals surface area contributed by atoms with E-state index in [1.807, 2.05) is 0 Å². The third kappa shape index (κ3) is 23.4. The number of ketones is 3. The Bertz CT molecular complexity index is 1690. The van der Waals surface area contributed by atoms with Gasteiger partial charge in [0.1, 0.15) is 5.78 Å². The fraction of sp³-hybridized carbons (Fsp3) is 0.622. The third-order valence-corrected chi connectivity index (χ3v) is 9.36. The predicted octanol–water partition coefficient (Wildman–Crippen LogP) is -5.27. The predicted molar refractivity (Wildman–Crippen MR) is 245 cm³/mol. The molecule has 4 atom stereocenters. The molecule has 0 aliphatic heterocycles. The van der Waals surface area contributed by atoms with E-state index in [1.54, 1.807) is 0 Å². The van der Waals surface area contributed by atoms with Crippen molar-refractivity contribution < 1.29 is 28.8 Å². The van der Waals surface area contributed by atoms with Crippen LogP contribution in [0, 0.1) is 5.92 Å². The summed E-state index contributed by atoms with van der Waals surface area (Å²) in [5.74, 6) is -5.29. The van der Waals surface area contributed by atoms with Gasteiger partial charge in [-0.15, -0.1) is 0 Å². The highest BCUT2D eigenvalue weighted by Crippen LogP contribution is 2.21. The first kappa shape index (κ1) is 55.1. The topological polar surface area (TPSA) is 526 Å². The molecule has 27 nitrogen and oxygen atoms in total. The lowest BCUT2D eigenvalue weighted by atomic mass is 9.94. The second kappa shape index (κ2) is 30.2. The van der Waals surface area contributed by atoms with Crippen LogP contribution in [-0.2, 0) is 19.2 Å². The summed E-state index contributed by atoms with van der Waals surface area (Å²) in [6.07, 6.45) is 2.86. The summed E-state index contributed by atoms with van der Waals surface area (Å²) >= 11 is 0. The molecule has 0 fully saturated rings. The van der Waals surface area contributed by atoms with Gasteiger partial charge in [-0.05, 0) is 64.2 Å². The van der Waals surface area contributed by atoms with Gasteiger partial charge in [0.15, 0.2) is 58.4 Å². The fourth-order valence-electron chi connectivity index (χ4n) is 5.98. The van der Waals surface area contributed by atoms with Crippen molar-refractivity contribution in [1.29, 1.82) is 0 Å². The molecule has 27 N–H and O–H groups in total. The molecule has 1 aromatic heterocycles. The molecule has 3 amide bonds. The van der Waals surface area contributed by atoms with Gasteiger partial charge < -0.3 is 84.8 Å². The van der Waals surface area contributed by atoms with Gasteiger partial charge in [0.25, 0.3) is 5.91 Å². The van der Waals surface area contributed by atoms with Crippen molar-refractivity contribution in [3.05, 3.63) is 11.4 Å². The van der Waals surface area contributed by atoms with Crippen LogP contribution in [0.3, 0.4) is 0 Å². The van der Waals surface area contributed by atoms with Crippen molar-refractivity contribution in [2.24, 2.45) is 83.2 Å². The third-order valence-electron chi connectivity index (χ3n) is 9.36. The van der Waals surface area contributed by atoms with E-state index in [0.717, 1.165) is 0 Å². The van der Waals surface area contributed by atoms with Crippen molar-refractivity contribution in [1.82, 2.24) is 25.9 Å². The summed E-state index contributed by atoms with van der Waals surface area (Å²) in [6.45, 7) is 1.26. The average molecular weight is 904 g/mol. The standard InChI is InChI=1S/C37H69N21O6/c38-21(8-2-16-53-35(44)45)24(59)11-5-13-50-31(62)20(7-1-15-52-34(42)43)19-26(61)27-29(40)58-28(30(41)57-27)33(64)56-23(10-4-18-55-37(48)49)25(60)12-6-14-51-32(63)22(39)9-3-17-54-36(46)47/h20-23H,1-19,38-39H2,(H2,40,58)(H2,41,57)(H,50,62)(H,51,63)(H,56,64)(H4,42,43,52)(H4,44,45,53)(H4,46,47,54)(H4,48,49,55)/t20-,21+,22+,23+/m1/s1. The minimum absolute atomic E-state index is 0.0419. The number of carbonyl (C=O) groups is 6. The van der Waals surface area contributed by atoms with E-state index in [0.29, 0.717) is 58.0 Å². The molecule has 0 aromatic carbocycles. The highest BCUT2D eigenvalue weighted by atomic mass is 16.2. The van der Waals surface area contributed by atoms with Crippen LogP contribution < -0.4 is 84.8 Å². The SMILES string of the molecule is NC(N)=NCCC[C@H](CC(=O)c1nc(N)c(C(=O)N[C@@H](CCCN=C(N)N)C(=O)CCCNC(=O)[C@@H](N)CCCN=C(N)N)nc1N)C(=O)NCCCC(=O)[C@@H](N)CCCN=C(N)N. The zero-order valence-corrected chi connectivity index (χ0v) is 36.3. The zero-order valence-electron chi connectivity index (χ0n) is 36.3. The Morgan fingerprint density at radius 1 is 0.516 bits per heavy atom. The number of amides is 3. The number of nitrogens with zero attached hydrogens (tertiary/aromatic N) is 6. The van der Waals surface area contributed by atoms with Crippen LogP contribution in [0.4, 0.5) is 11.6 Å². The Balaban J connectivity index is 3.01. The number of hydrogen-bond donors (Lipinski definition) is 15. The Morgan fingerprint density at radius 3 is 1.45 bits per heavy atom. The van der Waals surface area contributed by atoms with Gasteiger partial charge in [-0.2, -0.15) is 0 Å². The van der Waals surface area contributed by atoms with Crippen LogP contribution in [0.15, 0.2) is 20.0 Å². The minimum Gasteiger partial charge on any atom is -0.382 e. The van der Waals surface area contributed by atoms with E-state index in [1.165, 1.54) is 0 Å². The van der Waals surface area contributed by atoms with Crippen molar-refractivity contribution in [3.8, 4) is 0 Å². The van der Waals surface area contributed by atoms with E-state index in [9.17, 15) is 28.8 Å². The Hall–Kier alpha value is -6.90. The van der Waals surface area contributed by atoms with E-state index < -0.39 is 64.9 Å². The molecule has 64 heavy (non-hydrogen) atoms. The molecule has 0 saturated heterocycles. The number of anilines is 2. The number of guanidine groups is 4. The van der Waals surface area contributed by atoms with Gasteiger partial charge in [-0.3, -0.25) is 48.7 Å². The summed E-state index contributed by atoms with van der Waals surface area (Å²) in [5.41, 5.74) is 66.2. The number of aliphatic imine (C=N–C) groups is 4. The number of nitrogens with one attached hydrogen (secondary N) is 3. The minimum atomic E-state index is -1.06. The summed E-state index contributed by atoms with van der Waals surface area (Å²) in [7, 11) is 0. The molecular formula is C37H69N21O6. The molecule has 0 radical (unpaired) electrons. The van der Waals surface area contributed by atoms with Crippen LogP contribution in [-0.4, -0.2) is 126 Å². The maximum Gasteiger partial charge on any atom is 0.274 e. The van der Waals surface area contributed by atoms with Crippen molar-refractivity contribution in [3.63, 3.8) is 0 Å². The van der Waals surface area contributed by atoms with Crippen molar-refractivity contribution in [2.75, 3.05) is 50.7 Å². The largest absolute Gasteiger partial charge is 0.382 e. The second-order valence-corrected chi connectivity index (χ2v) is 14.8. The lowest BCUT2D eigenvalue weighted by Gasteiger charge is -2.19. The fourth-order valence-corrected chi connectivity index (χ4v) is 5.98. The molecule has 0 aliphatic carbocycles. The van der Waals surface area contributed by atoms with E-state index in [-0.39, 0.29) is 106 Å². The van der Waals surface area contributed by atoms with Gasteiger partial charge in [0.05, 0.1) is 18.1 Å². The van der Waals surface area contributed by atoms with E-state index in [4.69, 9.17) is 68.8 Å². The maximum absolute atomic E-state index is 13.6. The Labute approximate surface area is 371 Å². The molecule has 1 aromatic rings. The van der Waals surface area contributed by atoms with E-state index in [2.05, 4.69) is 45.9 Å². The number of rotatable bonds is 33. The van der Waals surface area contributed by atoms with Crippen molar-refractivity contribution in [2.45, 2.75) is 102 Å². The lowest BCUT2D eigenvalue weighted by molar-refractivity contribution is -0.125. The highest BCUT2D eigenvalue weighted by molar-refractivity contribution is 6.04. The molecule has 0 saturated carbocycles. The summed E-state index contributed by atoms with van der Waals surface area (Å²) in [5, 5.41) is 8.02. The molecule has 0 aliphatic rings. The van der Waals surface area contributed by atoms with Crippen molar-refractivity contribution >= 4 is 70.5 Å². The average Bonchev–Trinajstić information content (AvgIpc) is 3.22. The van der Waals surface area contributed by atoms with Crippen LogP contribution in [0.25, 0.3) is 0 Å². The number of aromatic nitrogens is 2. The molecule has 0 spiro atoms. The lowest BCUT2D eigenvalue weighted by Crippen LogP contribution is -2.43. The van der Waals surface area contributed by atoms with Crippen LogP contribution in [0.1, 0.15) is 104 Å². The maximum atomic E-state index is 13.6. The summed E-state index contributed by atoms with van der Waals surface area (Å²) in [4.78, 5) is 102. The van der Waals surface area contributed by atoms with Gasteiger partial charge in [0.2, 0.25) is 11.8 Å². The number of carbonyl (C=O) groups excluding carboxylic acids is 6. The molecular weight excluding hydrogens is 835 g/mol. The molecule has 27 heteroatoms.